The van der Waals surface area contributed by atoms with Gasteiger partial charge in [0.25, 0.3) is 0 Å². The number of aliphatic hydroxyl groups excluding tert-OH is 1. The van der Waals surface area contributed by atoms with Crippen LogP contribution in [0.1, 0.15) is 47.6 Å². The Morgan fingerprint density at radius 1 is 0.895 bits per heavy atom. The lowest BCUT2D eigenvalue weighted by molar-refractivity contribution is 0.159. The summed E-state index contributed by atoms with van der Waals surface area (Å²) in [7, 11) is 0. The standard InChI is InChI=1S/C18H22O/c1-13-9-14(2)11-17(10-13)18(19)12-15(3)16-7-5-4-6-8-16/h4-11,15,18-19H,12H2,1-3H3. The number of hydrogen-bond acceptors (Lipinski definition) is 1. The van der Waals surface area contributed by atoms with E-state index in [2.05, 4.69) is 63.2 Å². The van der Waals surface area contributed by atoms with Gasteiger partial charge in [0.15, 0.2) is 0 Å². The monoisotopic (exact) mass is 254 g/mol. The molecule has 0 aliphatic heterocycles. The van der Waals surface area contributed by atoms with E-state index in [4.69, 9.17) is 0 Å². The zero-order chi connectivity index (χ0) is 13.8. The average molecular weight is 254 g/mol. The molecule has 0 spiro atoms. The first-order valence-electron chi connectivity index (χ1n) is 6.87. The van der Waals surface area contributed by atoms with Crippen LogP contribution in [-0.4, -0.2) is 5.11 Å². The number of aryl methyl sites for hydroxylation is 2. The number of hydrogen-bond donors (Lipinski definition) is 1. The van der Waals surface area contributed by atoms with Crippen molar-refractivity contribution in [3.63, 3.8) is 0 Å². The van der Waals surface area contributed by atoms with Gasteiger partial charge in [0, 0.05) is 0 Å². The van der Waals surface area contributed by atoms with Crippen LogP contribution in [0.3, 0.4) is 0 Å². The maximum atomic E-state index is 10.4. The van der Waals surface area contributed by atoms with E-state index in [0.29, 0.717) is 5.92 Å². The lowest BCUT2D eigenvalue weighted by Gasteiger charge is -2.18. The van der Waals surface area contributed by atoms with E-state index in [-0.39, 0.29) is 0 Å². The van der Waals surface area contributed by atoms with Gasteiger partial charge in [-0.2, -0.15) is 0 Å². The number of aliphatic hydroxyl groups is 1. The van der Waals surface area contributed by atoms with E-state index >= 15 is 0 Å². The van der Waals surface area contributed by atoms with Gasteiger partial charge in [-0.1, -0.05) is 66.6 Å². The van der Waals surface area contributed by atoms with Crippen molar-refractivity contribution >= 4 is 0 Å². The summed E-state index contributed by atoms with van der Waals surface area (Å²) in [5, 5.41) is 10.4. The van der Waals surface area contributed by atoms with Crippen LogP contribution in [0.15, 0.2) is 48.5 Å². The van der Waals surface area contributed by atoms with E-state index in [1.807, 2.05) is 6.07 Å². The Bertz CT molecular complexity index is 510. The molecule has 0 radical (unpaired) electrons. The summed E-state index contributed by atoms with van der Waals surface area (Å²) in [5.74, 6) is 0.358. The highest BCUT2D eigenvalue weighted by molar-refractivity contribution is 5.30. The van der Waals surface area contributed by atoms with Crippen LogP contribution in [0.25, 0.3) is 0 Å². The Morgan fingerprint density at radius 2 is 1.47 bits per heavy atom. The van der Waals surface area contributed by atoms with Crippen molar-refractivity contribution < 1.29 is 5.11 Å². The van der Waals surface area contributed by atoms with Gasteiger partial charge in [0.1, 0.15) is 0 Å². The minimum absolute atomic E-state index is 0.358. The van der Waals surface area contributed by atoms with Crippen LogP contribution in [0.4, 0.5) is 0 Å². The highest BCUT2D eigenvalue weighted by atomic mass is 16.3. The molecule has 0 fully saturated rings. The third kappa shape index (κ3) is 3.68. The normalized spacial score (nSPS) is 14.1. The Labute approximate surface area is 115 Å². The van der Waals surface area contributed by atoms with E-state index < -0.39 is 6.10 Å². The predicted octanol–water partition coefficient (Wildman–Crippen LogP) is 4.53. The molecule has 0 saturated heterocycles. The number of benzene rings is 2. The fraction of sp³-hybridized carbons (Fsp3) is 0.333. The molecule has 0 heterocycles. The lowest BCUT2D eigenvalue weighted by atomic mass is 9.91. The first-order chi connectivity index (χ1) is 9.06. The van der Waals surface area contributed by atoms with Crippen LogP contribution in [-0.2, 0) is 0 Å². The Balaban J connectivity index is 2.10. The summed E-state index contributed by atoms with van der Waals surface area (Å²) >= 11 is 0. The smallest absolute Gasteiger partial charge is 0.0796 e. The Morgan fingerprint density at radius 3 is 2.05 bits per heavy atom. The molecule has 0 aliphatic carbocycles. The molecule has 2 aromatic rings. The summed E-state index contributed by atoms with van der Waals surface area (Å²) in [6.45, 7) is 6.31. The second-order valence-electron chi connectivity index (χ2n) is 5.48. The summed E-state index contributed by atoms with van der Waals surface area (Å²) < 4.78 is 0. The Kier molecular flexibility index (Phi) is 4.39. The quantitative estimate of drug-likeness (QED) is 0.849. The zero-order valence-corrected chi connectivity index (χ0v) is 11.9. The maximum Gasteiger partial charge on any atom is 0.0796 e. The van der Waals surface area contributed by atoms with Crippen LogP contribution in [0, 0.1) is 13.8 Å². The SMILES string of the molecule is Cc1cc(C)cc(C(O)CC(C)c2ccccc2)c1. The summed E-state index contributed by atoms with van der Waals surface area (Å²) in [6, 6.07) is 16.7. The summed E-state index contributed by atoms with van der Waals surface area (Å²) in [4.78, 5) is 0. The van der Waals surface area contributed by atoms with E-state index in [1.54, 1.807) is 0 Å². The molecular weight excluding hydrogens is 232 g/mol. The molecule has 100 valence electrons. The van der Waals surface area contributed by atoms with Gasteiger partial charge in [0.05, 0.1) is 6.10 Å². The Hall–Kier alpha value is -1.60. The molecule has 0 saturated carbocycles. The highest BCUT2D eigenvalue weighted by Crippen LogP contribution is 2.28. The molecule has 0 aromatic heterocycles. The molecule has 2 unspecified atom stereocenters. The van der Waals surface area contributed by atoms with Crippen molar-refractivity contribution in [1.29, 1.82) is 0 Å². The van der Waals surface area contributed by atoms with Gasteiger partial charge in [-0.05, 0) is 37.3 Å². The molecule has 19 heavy (non-hydrogen) atoms. The zero-order valence-electron chi connectivity index (χ0n) is 11.9. The van der Waals surface area contributed by atoms with Gasteiger partial charge in [-0.25, -0.2) is 0 Å². The van der Waals surface area contributed by atoms with E-state index in [1.165, 1.54) is 16.7 Å². The molecule has 0 aliphatic rings. The van der Waals surface area contributed by atoms with Gasteiger partial charge >= 0.3 is 0 Å². The molecule has 2 atom stereocenters. The summed E-state index contributed by atoms with van der Waals surface area (Å²) in [6.07, 6.45) is 0.362. The van der Waals surface area contributed by atoms with Crippen molar-refractivity contribution in [2.45, 2.75) is 39.2 Å². The van der Waals surface area contributed by atoms with Gasteiger partial charge in [-0.3, -0.25) is 0 Å². The highest BCUT2D eigenvalue weighted by Gasteiger charge is 2.14. The minimum Gasteiger partial charge on any atom is -0.388 e. The molecule has 1 N–H and O–H groups in total. The fourth-order valence-electron chi connectivity index (χ4n) is 2.59. The van der Waals surface area contributed by atoms with Crippen LogP contribution < -0.4 is 0 Å². The largest absolute Gasteiger partial charge is 0.388 e. The number of rotatable bonds is 4. The molecule has 2 rings (SSSR count). The van der Waals surface area contributed by atoms with Crippen molar-refractivity contribution in [2.24, 2.45) is 0 Å². The average Bonchev–Trinajstić information content (AvgIpc) is 2.38. The second-order valence-corrected chi connectivity index (χ2v) is 5.48. The van der Waals surface area contributed by atoms with Crippen LogP contribution in [0.2, 0.25) is 0 Å². The van der Waals surface area contributed by atoms with Crippen LogP contribution >= 0.6 is 0 Å². The lowest BCUT2D eigenvalue weighted by Crippen LogP contribution is -2.04. The molecule has 1 nitrogen and oxygen atoms in total. The van der Waals surface area contributed by atoms with E-state index in [9.17, 15) is 5.11 Å². The molecule has 1 heteroatoms. The molecule has 2 aromatic carbocycles. The molecule has 0 bridgehead atoms. The van der Waals surface area contributed by atoms with Gasteiger partial charge in [0.2, 0.25) is 0 Å². The van der Waals surface area contributed by atoms with Gasteiger partial charge < -0.3 is 5.11 Å². The maximum absolute atomic E-state index is 10.4. The first kappa shape index (κ1) is 13.8. The third-order valence-electron chi connectivity index (χ3n) is 3.57. The third-order valence-corrected chi connectivity index (χ3v) is 3.57. The molecule has 0 amide bonds. The second kappa shape index (κ2) is 6.03. The molecular formula is C18H22O. The minimum atomic E-state index is -0.395. The topological polar surface area (TPSA) is 20.2 Å². The van der Waals surface area contributed by atoms with Crippen molar-refractivity contribution in [3.8, 4) is 0 Å². The van der Waals surface area contributed by atoms with Crippen molar-refractivity contribution in [1.82, 2.24) is 0 Å². The fourth-order valence-corrected chi connectivity index (χ4v) is 2.59. The van der Waals surface area contributed by atoms with Crippen molar-refractivity contribution in [3.05, 3.63) is 70.8 Å². The van der Waals surface area contributed by atoms with E-state index in [0.717, 1.165) is 12.0 Å². The summed E-state index contributed by atoms with van der Waals surface area (Å²) in [5.41, 5.74) is 4.73. The van der Waals surface area contributed by atoms with Gasteiger partial charge in [-0.15, -0.1) is 0 Å². The van der Waals surface area contributed by atoms with Crippen molar-refractivity contribution in [2.75, 3.05) is 0 Å². The first-order valence-corrected chi connectivity index (χ1v) is 6.87. The predicted molar refractivity (Wildman–Crippen MR) is 80.3 cm³/mol. The van der Waals surface area contributed by atoms with Crippen LogP contribution in [0.5, 0.6) is 0 Å².